The zero-order valence-corrected chi connectivity index (χ0v) is 14.3. The second kappa shape index (κ2) is 7.98. The highest BCUT2D eigenvalue weighted by molar-refractivity contribution is 5.89. The van der Waals surface area contributed by atoms with E-state index in [1.807, 2.05) is 12.1 Å². The first-order valence-corrected chi connectivity index (χ1v) is 8.12. The molecule has 1 N–H and O–H groups in total. The van der Waals surface area contributed by atoms with Crippen LogP contribution in [-0.2, 0) is 11.2 Å². The number of ether oxygens (including phenoxy) is 3. The summed E-state index contributed by atoms with van der Waals surface area (Å²) in [4.78, 5) is 12.1. The Morgan fingerprint density at radius 1 is 1.28 bits per heavy atom. The molecular formula is C17H21N3O5. The maximum absolute atomic E-state index is 12.1. The van der Waals surface area contributed by atoms with Crippen LogP contribution in [-0.4, -0.2) is 49.6 Å². The van der Waals surface area contributed by atoms with E-state index in [2.05, 4.69) is 15.5 Å². The average Bonchev–Trinajstić information content (AvgIpc) is 3.31. The number of carbonyl (C=O) groups is 1. The van der Waals surface area contributed by atoms with Crippen LogP contribution in [0.5, 0.6) is 11.5 Å². The van der Waals surface area contributed by atoms with Gasteiger partial charge in [0.1, 0.15) is 0 Å². The van der Waals surface area contributed by atoms with Crippen LogP contribution in [0.4, 0.5) is 0 Å². The Balaban J connectivity index is 1.60. The highest BCUT2D eigenvalue weighted by Gasteiger charge is 2.20. The van der Waals surface area contributed by atoms with Crippen LogP contribution in [0.15, 0.2) is 22.6 Å². The van der Waals surface area contributed by atoms with Crippen molar-refractivity contribution < 1.29 is 23.4 Å². The third-order valence-electron chi connectivity index (χ3n) is 3.98. The van der Waals surface area contributed by atoms with Crippen molar-refractivity contribution in [2.75, 3.05) is 27.4 Å². The van der Waals surface area contributed by atoms with Crippen molar-refractivity contribution >= 4 is 5.91 Å². The van der Waals surface area contributed by atoms with E-state index in [1.165, 1.54) is 0 Å². The van der Waals surface area contributed by atoms with E-state index < -0.39 is 0 Å². The molecule has 1 unspecified atom stereocenters. The third-order valence-corrected chi connectivity index (χ3v) is 3.98. The first kappa shape index (κ1) is 17.2. The molecule has 3 rings (SSSR count). The molecule has 1 saturated heterocycles. The second-order valence-corrected chi connectivity index (χ2v) is 5.71. The van der Waals surface area contributed by atoms with Gasteiger partial charge in [0.05, 0.1) is 26.7 Å². The summed E-state index contributed by atoms with van der Waals surface area (Å²) in [5.41, 5.74) is 0.910. The molecule has 1 aliphatic rings. The molecule has 1 fully saturated rings. The molecule has 2 heterocycles. The number of carbonyl (C=O) groups excluding carboxylic acids is 1. The van der Waals surface area contributed by atoms with Crippen molar-refractivity contribution in [3.63, 3.8) is 0 Å². The lowest BCUT2D eigenvalue weighted by molar-refractivity contribution is 0.0828. The monoisotopic (exact) mass is 347 g/mol. The van der Waals surface area contributed by atoms with Crippen molar-refractivity contribution in [2.45, 2.75) is 25.4 Å². The number of rotatable bonds is 7. The van der Waals surface area contributed by atoms with Crippen LogP contribution >= 0.6 is 0 Å². The van der Waals surface area contributed by atoms with Gasteiger partial charge in [-0.25, -0.2) is 0 Å². The Morgan fingerprint density at radius 2 is 2.12 bits per heavy atom. The summed E-state index contributed by atoms with van der Waals surface area (Å²) in [7, 11) is 3.15. The van der Waals surface area contributed by atoms with E-state index in [0.717, 1.165) is 25.0 Å². The predicted molar refractivity (Wildman–Crippen MR) is 88.0 cm³/mol. The molecule has 2 aromatic rings. The molecule has 0 saturated carbocycles. The van der Waals surface area contributed by atoms with Crippen LogP contribution in [0, 0.1) is 0 Å². The number of nitrogens with one attached hydrogen (secondary N) is 1. The number of aromatic nitrogens is 2. The van der Waals surface area contributed by atoms with Crippen LogP contribution in [0.3, 0.4) is 0 Å². The Kier molecular flexibility index (Phi) is 5.49. The van der Waals surface area contributed by atoms with Gasteiger partial charge >= 0.3 is 11.8 Å². The van der Waals surface area contributed by atoms with Gasteiger partial charge < -0.3 is 23.9 Å². The van der Waals surface area contributed by atoms with Gasteiger partial charge in [0.15, 0.2) is 11.5 Å². The molecule has 25 heavy (non-hydrogen) atoms. The van der Waals surface area contributed by atoms with Gasteiger partial charge in [-0.2, -0.15) is 0 Å². The highest BCUT2D eigenvalue weighted by atomic mass is 16.5. The maximum atomic E-state index is 12.1. The van der Waals surface area contributed by atoms with Gasteiger partial charge in [-0.15, -0.1) is 10.2 Å². The molecule has 0 bridgehead atoms. The van der Waals surface area contributed by atoms with Gasteiger partial charge in [0, 0.05) is 13.2 Å². The number of hydrogen-bond donors (Lipinski definition) is 1. The smallest absolute Gasteiger partial charge is 0.308 e. The van der Waals surface area contributed by atoms with E-state index >= 15 is 0 Å². The van der Waals surface area contributed by atoms with Crippen LogP contribution in [0.25, 0.3) is 0 Å². The lowest BCUT2D eigenvalue weighted by Crippen LogP contribution is -2.31. The highest BCUT2D eigenvalue weighted by Crippen LogP contribution is 2.28. The Morgan fingerprint density at radius 3 is 2.84 bits per heavy atom. The van der Waals surface area contributed by atoms with Crippen LogP contribution in [0.1, 0.15) is 35.0 Å². The second-order valence-electron chi connectivity index (χ2n) is 5.71. The number of hydrogen-bond acceptors (Lipinski definition) is 7. The first-order chi connectivity index (χ1) is 12.2. The van der Waals surface area contributed by atoms with Gasteiger partial charge in [0.25, 0.3) is 0 Å². The Hall–Kier alpha value is -2.61. The van der Waals surface area contributed by atoms with Crippen LogP contribution in [0.2, 0.25) is 0 Å². The molecule has 8 heteroatoms. The van der Waals surface area contributed by atoms with Crippen molar-refractivity contribution in [3.05, 3.63) is 35.5 Å². The topological polar surface area (TPSA) is 95.7 Å². The summed E-state index contributed by atoms with van der Waals surface area (Å²) in [6, 6.07) is 5.52. The molecule has 0 aliphatic carbocycles. The largest absolute Gasteiger partial charge is 0.493 e. The lowest BCUT2D eigenvalue weighted by atomic mass is 10.1. The summed E-state index contributed by atoms with van der Waals surface area (Å²) in [6.45, 7) is 1.20. The average molecular weight is 347 g/mol. The summed E-state index contributed by atoms with van der Waals surface area (Å²) in [5, 5.41) is 10.5. The fourth-order valence-electron chi connectivity index (χ4n) is 2.67. The Bertz CT molecular complexity index is 725. The van der Waals surface area contributed by atoms with Gasteiger partial charge in [-0.05, 0) is 30.5 Å². The maximum Gasteiger partial charge on any atom is 0.308 e. The molecule has 1 amide bonds. The predicted octanol–water partition coefficient (Wildman–Crippen LogP) is 1.59. The molecule has 134 valence electrons. The van der Waals surface area contributed by atoms with Crippen molar-refractivity contribution in [1.82, 2.24) is 15.5 Å². The quantitative estimate of drug-likeness (QED) is 0.812. The molecule has 1 aromatic carbocycles. The summed E-state index contributed by atoms with van der Waals surface area (Å²) < 4.78 is 21.4. The van der Waals surface area contributed by atoms with E-state index in [-0.39, 0.29) is 17.9 Å². The summed E-state index contributed by atoms with van der Waals surface area (Å²) in [6.07, 6.45) is 2.44. The SMILES string of the molecule is COc1ccc(Cc2nnc(C(=O)NCC3CCCO3)o2)cc1OC. The molecule has 1 aliphatic heterocycles. The molecule has 0 spiro atoms. The van der Waals surface area contributed by atoms with Gasteiger partial charge in [-0.1, -0.05) is 6.07 Å². The van der Waals surface area contributed by atoms with Crippen molar-refractivity contribution in [2.24, 2.45) is 0 Å². The zero-order chi connectivity index (χ0) is 17.6. The molecular weight excluding hydrogens is 326 g/mol. The van der Waals surface area contributed by atoms with E-state index in [9.17, 15) is 4.79 Å². The van der Waals surface area contributed by atoms with Crippen LogP contribution < -0.4 is 14.8 Å². The van der Waals surface area contributed by atoms with Crippen molar-refractivity contribution in [3.8, 4) is 11.5 Å². The number of methoxy groups -OCH3 is 2. The zero-order valence-electron chi connectivity index (χ0n) is 14.3. The molecule has 0 radical (unpaired) electrons. The first-order valence-electron chi connectivity index (χ1n) is 8.12. The number of nitrogens with zero attached hydrogens (tertiary/aromatic N) is 2. The summed E-state index contributed by atoms with van der Waals surface area (Å²) in [5.74, 6) is 1.18. The number of amides is 1. The van der Waals surface area contributed by atoms with Gasteiger partial charge in [0.2, 0.25) is 5.89 Å². The molecule has 1 atom stereocenters. The molecule has 1 aromatic heterocycles. The van der Waals surface area contributed by atoms with E-state index in [1.54, 1.807) is 20.3 Å². The fraction of sp³-hybridized carbons (Fsp3) is 0.471. The number of benzene rings is 1. The normalized spacial score (nSPS) is 16.6. The van der Waals surface area contributed by atoms with Gasteiger partial charge in [-0.3, -0.25) is 4.79 Å². The standard InChI is InChI=1S/C17H21N3O5/c1-22-13-6-5-11(8-14(13)23-2)9-15-19-20-17(25-15)16(21)18-10-12-4-3-7-24-12/h5-6,8,12H,3-4,7,9-10H2,1-2H3,(H,18,21). The minimum atomic E-state index is -0.387. The minimum absolute atomic E-state index is 0.0477. The Labute approximate surface area is 145 Å². The van der Waals surface area contributed by atoms with E-state index in [0.29, 0.717) is 30.4 Å². The fourth-order valence-corrected chi connectivity index (χ4v) is 2.67. The lowest BCUT2D eigenvalue weighted by Gasteiger charge is -2.09. The minimum Gasteiger partial charge on any atom is -0.493 e. The molecule has 8 nitrogen and oxygen atoms in total. The van der Waals surface area contributed by atoms with Crippen molar-refractivity contribution in [1.29, 1.82) is 0 Å². The third kappa shape index (κ3) is 4.27. The van der Waals surface area contributed by atoms with E-state index in [4.69, 9.17) is 18.6 Å². The summed E-state index contributed by atoms with van der Waals surface area (Å²) >= 11 is 0.